The zero-order valence-electron chi connectivity index (χ0n) is 7.50. The molecule has 3 heteroatoms. The molecule has 12 heavy (non-hydrogen) atoms. The Bertz CT molecular complexity index is 323. The maximum absolute atomic E-state index is 8.64. The number of hydrogen-bond acceptors (Lipinski definition) is 3. The van der Waals surface area contributed by atoms with Crippen LogP contribution in [0, 0.1) is 18.3 Å². The van der Waals surface area contributed by atoms with Crippen LogP contribution < -0.4 is 4.90 Å². The first-order valence-electron chi connectivity index (χ1n) is 3.70. The van der Waals surface area contributed by atoms with E-state index in [1.807, 2.05) is 32.0 Å². The zero-order chi connectivity index (χ0) is 9.14. The third-order valence-electron chi connectivity index (χ3n) is 1.65. The lowest BCUT2D eigenvalue weighted by molar-refractivity contribution is 1.04. The summed E-state index contributed by atoms with van der Waals surface area (Å²) in [6.45, 7) is 1.84. The first-order valence-corrected chi connectivity index (χ1v) is 3.70. The van der Waals surface area contributed by atoms with Gasteiger partial charge in [0.2, 0.25) is 0 Å². The van der Waals surface area contributed by atoms with Gasteiger partial charge in [0, 0.05) is 14.1 Å². The van der Waals surface area contributed by atoms with Gasteiger partial charge in [-0.3, -0.25) is 0 Å². The number of aryl methyl sites for hydroxylation is 1. The lowest BCUT2D eigenvalue weighted by Crippen LogP contribution is -2.11. The fourth-order valence-electron chi connectivity index (χ4n) is 0.915. The molecule has 0 saturated carbocycles. The molecule has 3 nitrogen and oxygen atoms in total. The van der Waals surface area contributed by atoms with E-state index in [-0.39, 0.29) is 0 Å². The van der Waals surface area contributed by atoms with Gasteiger partial charge < -0.3 is 4.90 Å². The molecular weight excluding hydrogens is 150 g/mol. The first kappa shape index (κ1) is 8.54. The van der Waals surface area contributed by atoms with Crippen molar-refractivity contribution in [3.63, 3.8) is 0 Å². The van der Waals surface area contributed by atoms with Gasteiger partial charge in [-0.05, 0) is 19.1 Å². The van der Waals surface area contributed by atoms with Gasteiger partial charge >= 0.3 is 0 Å². The summed E-state index contributed by atoms with van der Waals surface area (Å²) in [5.74, 6) is 0.881. The molecule has 0 N–H and O–H groups in total. The van der Waals surface area contributed by atoms with E-state index >= 15 is 0 Å². The normalized spacial score (nSPS) is 9.17. The summed E-state index contributed by atoms with van der Waals surface area (Å²) < 4.78 is 0. The van der Waals surface area contributed by atoms with E-state index in [1.54, 1.807) is 6.07 Å². The van der Waals surface area contributed by atoms with Crippen LogP contribution >= 0.6 is 0 Å². The average molecular weight is 161 g/mol. The van der Waals surface area contributed by atoms with Gasteiger partial charge in [0.15, 0.2) is 0 Å². The maximum atomic E-state index is 8.64. The SMILES string of the molecule is Cc1nc(N(C)C)ccc1C#N. The highest BCUT2D eigenvalue weighted by atomic mass is 15.1. The molecule has 0 fully saturated rings. The minimum atomic E-state index is 0.639. The third-order valence-corrected chi connectivity index (χ3v) is 1.65. The Morgan fingerprint density at radius 1 is 1.42 bits per heavy atom. The molecule has 62 valence electrons. The first-order chi connectivity index (χ1) is 5.65. The van der Waals surface area contributed by atoms with Crippen molar-refractivity contribution < 1.29 is 0 Å². The monoisotopic (exact) mass is 161 g/mol. The summed E-state index contributed by atoms with van der Waals surface area (Å²) in [5, 5.41) is 8.64. The largest absolute Gasteiger partial charge is 0.363 e. The lowest BCUT2D eigenvalue weighted by Gasteiger charge is -2.11. The van der Waals surface area contributed by atoms with Crippen molar-refractivity contribution in [2.24, 2.45) is 0 Å². The lowest BCUT2D eigenvalue weighted by atomic mass is 10.2. The Labute approximate surface area is 72.3 Å². The van der Waals surface area contributed by atoms with Gasteiger partial charge in [-0.1, -0.05) is 0 Å². The molecule has 0 saturated heterocycles. The van der Waals surface area contributed by atoms with Gasteiger partial charge in [0.05, 0.1) is 11.3 Å². The van der Waals surface area contributed by atoms with Gasteiger partial charge in [-0.25, -0.2) is 4.98 Å². The molecule has 1 rings (SSSR count). The van der Waals surface area contributed by atoms with Gasteiger partial charge in [0.1, 0.15) is 11.9 Å². The molecule has 0 atom stereocenters. The molecule has 0 aliphatic rings. The third kappa shape index (κ3) is 1.54. The molecule has 1 aromatic rings. The van der Waals surface area contributed by atoms with E-state index in [4.69, 9.17) is 5.26 Å². The van der Waals surface area contributed by atoms with Crippen LogP contribution in [0.1, 0.15) is 11.3 Å². The summed E-state index contributed by atoms with van der Waals surface area (Å²) in [7, 11) is 3.85. The maximum Gasteiger partial charge on any atom is 0.128 e. The van der Waals surface area contributed by atoms with Crippen molar-refractivity contribution in [3.8, 4) is 6.07 Å². The Kier molecular flexibility index (Phi) is 2.29. The quantitative estimate of drug-likeness (QED) is 0.623. The summed E-state index contributed by atoms with van der Waals surface area (Å²) in [6.07, 6.45) is 0. The van der Waals surface area contributed by atoms with Crippen LogP contribution in [-0.2, 0) is 0 Å². The van der Waals surface area contributed by atoms with Crippen LogP contribution in [0.25, 0.3) is 0 Å². The summed E-state index contributed by atoms with van der Waals surface area (Å²) in [6, 6.07) is 5.71. The van der Waals surface area contributed by atoms with E-state index in [9.17, 15) is 0 Å². The highest BCUT2D eigenvalue weighted by Crippen LogP contribution is 2.11. The molecular formula is C9H11N3. The van der Waals surface area contributed by atoms with Crippen LogP contribution in [0.15, 0.2) is 12.1 Å². The van der Waals surface area contributed by atoms with Crippen molar-refractivity contribution in [1.29, 1.82) is 5.26 Å². The molecule has 1 aromatic heterocycles. The van der Waals surface area contributed by atoms with Gasteiger partial charge in [0.25, 0.3) is 0 Å². The minimum Gasteiger partial charge on any atom is -0.363 e. The summed E-state index contributed by atoms with van der Waals surface area (Å²) in [4.78, 5) is 6.16. The Hall–Kier alpha value is -1.56. The van der Waals surface area contributed by atoms with E-state index in [0.29, 0.717) is 5.56 Å². The van der Waals surface area contributed by atoms with Crippen LogP contribution in [0.2, 0.25) is 0 Å². The molecule has 0 unspecified atom stereocenters. The highest BCUT2D eigenvalue weighted by molar-refractivity contribution is 5.43. The fraction of sp³-hybridized carbons (Fsp3) is 0.333. The van der Waals surface area contributed by atoms with Crippen LogP contribution in [0.4, 0.5) is 5.82 Å². The van der Waals surface area contributed by atoms with E-state index in [1.165, 1.54) is 0 Å². The summed E-state index contributed by atoms with van der Waals surface area (Å²) in [5.41, 5.74) is 1.42. The molecule has 0 aromatic carbocycles. The molecule has 1 heterocycles. The number of anilines is 1. The number of hydrogen-bond donors (Lipinski definition) is 0. The number of nitrogens with zero attached hydrogens (tertiary/aromatic N) is 3. The average Bonchev–Trinajstić information content (AvgIpc) is 2.04. The second-order valence-electron chi connectivity index (χ2n) is 2.81. The number of pyridine rings is 1. The predicted octanol–water partition coefficient (Wildman–Crippen LogP) is 1.33. The zero-order valence-corrected chi connectivity index (χ0v) is 7.50. The van der Waals surface area contributed by atoms with Gasteiger partial charge in [-0.2, -0.15) is 5.26 Å². The number of nitriles is 1. The Morgan fingerprint density at radius 2 is 2.08 bits per heavy atom. The highest BCUT2D eigenvalue weighted by Gasteiger charge is 2.01. The summed E-state index contributed by atoms with van der Waals surface area (Å²) >= 11 is 0. The number of aromatic nitrogens is 1. The van der Waals surface area contributed by atoms with E-state index in [2.05, 4.69) is 11.1 Å². The van der Waals surface area contributed by atoms with Gasteiger partial charge in [-0.15, -0.1) is 0 Å². The molecule has 0 aliphatic carbocycles. The van der Waals surface area contributed by atoms with Crippen molar-refractivity contribution >= 4 is 5.82 Å². The molecule has 0 amide bonds. The topological polar surface area (TPSA) is 39.9 Å². The second-order valence-corrected chi connectivity index (χ2v) is 2.81. The standard InChI is InChI=1S/C9H11N3/c1-7-8(6-10)4-5-9(11-7)12(2)3/h4-5H,1-3H3. The van der Waals surface area contributed by atoms with Crippen molar-refractivity contribution in [3.05, 3.63) is 23.4 Å². The van der Waals surface area contributed by atoms with Crippen LogP contribution in [-0.4, -0.2) is 19.1 Å². The van der Waals surface area contributed by atoms with Crippen molar-refractivity contribution in [2.75, 3.05) is 19.0 Å². The van der Waals surface area contributed by atoms with Crippen molar-refractivity contribution in [1.82, 2.24) is 4.98 Å². The van der Waals surface area contributed by atoms with E-state index < -0.39 is 0 Å². The number of rotatable bonds is 1. The Balaban J connectivity index is 3.12. The van der Waals surface area contributed by atoms with Crippen LogP contribution in [0.3, 0.4) is 0 Å². The smallest absolute Gasteiger partial charge is 0.128 e. The van der Waals surface area contributed by atoms with Crippen molar-refractivity contribution in [2.45, 2.75) is 6.92 Å². The fourth-order valence-corrected chi connectivity index (χ4v) is 0.915. The predicted molar refractivity (Wildman–Crippen MR) is 48.0 cm³/mol. The molecule has 0 aliphatic heterocycles. The Morgan fingerprint density at radius 3 is 2.50 bits per heavy atom. The van der Waals surface area contributed by atoms with Crippen LogP contribution in [0.5, 0.6) is 0 Å². The molecule has 0 spiro atoms. The molecule has 0 radical (unpaired) electrons. The molecule has 0 bridgehead atoms. The minimum absolute atomic E-state index is 0.639. The van der Waals surface area contributed by atoms with E-state index in [0.717, 1.165) is 11.5 Å². The second kappa shape index (κ2) is 3.22.